The zero-order valence-corrected chi connectivity index (χ0v) is 34.2. The molecule has 0 aromatic carbocycles. The molecule has 0 unspecified atom stereocenters. The second kappa shape index (κ2) is 22.5. The van der Waals surface area contributed by atoms with Gasteiger partial charge in [-0.05, 0) is 6.92 Å². The molecular weight excluding hydrogens is 844 g/mol. The Balaban J connectivity index is 1.72. The van der Waals surface area contributed by atoms with Crippen LogP contribution in [0.1, 0.15) is 34.6 Å². The zero-order valence-electron chi connectivity index (χ0n) is 34.2. The van der Waals surface area contributed by atoms with Crippen molar-refractivity contribution in [2.45, 2.75) is 163 Å². The number of aliphatic carboxylic acids is 1. The van der Waals surface area contributed by atoms with Gasteiger partial charge in [0, 0.05) is 27.7 Å². The van der Waals surface area contributed by atoms with Crippen LogP contribution < -0.4 is 21.3 Å². The summed E-state index contributed by atoms with van der Waals surface area (Å²) in [4.78, 5) is 61.3. The smallest absolute Gasteiger partial charge is 0.332 e. The van der Waals surface area contributed by atoms with Crippen molar-refractivity contribution in [2.75, 3.05) is 26.4 Å². The van der Waals surface area contributed by atoms with Crippen LogP contribution in [0.3, 0.4) is 0 Å². The first-order chi connectivity index (χ1) is 29.2. The van der Waals surface area contributed by atoms with Crippen LogP contribution in [0, 0.1) is 0 Å². The second-order valence-electron chi connectivity index (χ2n) is 15.2. The van der Waals surface area contributed by atoms with E-state index in [0.29, 0.717) is 0 Å². The van der Waals surface area contributed by atoms with Crippen molar-refractivity contribution in [3.8, 4) is 0 Å². The van der Waals surface area contributed by atoms with Crippen LogP contribution in [0.2, 0.25) is 0 Å². The molecule has 27 heteroatoms. The maximum atomic E-state index is 12.8. The lowest BCUT2D eigenvalue weighted by Crippen LogP contribution is -2.72. The van der Waals surface area contributed by atoms with Gasteiger partial charge in [0.05, 0.1) is 26.4 Å². The zero-order chi connectivity index (χ0) is 46.3. The summed E-state index contributed by atoms with van der Waals surface area (Å²) in [6, 6.07) is -6.36. The first-order valence-electron chi connectivity index (χ1n) is 19.6. The fourth-order valence-corrected chi connectivity index (χ4v) is 7.61. The molecule has 0 aromatic rings. The maximum Gasteiger partial charge on any atom is 0.332 e. The van der Waals surface area contributed by atoms with Gasteiger partial charge >= 0.3 is 5.97 Å². The average molecular weight is 903 g/mol. The first kappa shape index (κ1) is 51.3. The number of aliphatic hydroxyl groups is 9. The summed E-state index contributed by atoms with van der Waals surface area (Å²) in [6.45, 7) is 1.73. The van der Waals surface area contributed by atoms with E-state index in [-0.39, 0.29) is 0 Å². The summed E-state index contributed by atoms with van der Waals surface area (Å²) in [7, 11) is 0. The molecule has 0 radical (unpaired) electrons. The molecule has 4 rings (SSSR count). The van der Waals surface area contributed by atoms with Gasteiger partial charge in [-0.15, -0.1) is 0 Å². The van der Waals surface area contributed by atoms with Gasteiger partial charge in [0.2, 0.25) is 23.6 Å². The van der Waals surface area contributed by atoms with Crippen molar-refractivity contribution in [1.82, 2.24) is 21.3 Å². The number of nitrogens with one attached hydrogen (secondary N) is 4. The van der Waals surface area contributed by atoms with Crippen LogP contribution >= 0.6 is 0 Å². The molecule has 0 aliphatic carbocycles. The molecule has 4 aliphatic heterocycles. The number of rotatable bonds is 17. The predicted octanol–water partition coefficient (Wildman–Crippen LogP) is -8.68. The summed E-state index contributed by atoms with van der Waals surface area (Å²) >= 11 is 0. The quantitative estimate of drug-likeness (QED) is 0.0644. The Kier molecular flexibility index (Phi) is 18.6. The lowest BCUT2D eigenvalue weighted by Gasteiger charge is -2.51. The van der Waals surface area contributed by atoms with Crippen molar-refractivity contribution in [1.29, 1.82) is 0 Å². The van der Waals surface area contributed by atoms with Crippen molar-refractivity contribution < 1.29 is 113 Å². The standard InChI is InChI=1S/C35H58N4O23/c1-10(31(52)53)55-30-22(39-14(5)47)35(59-18(9-43)29(30)62-33-20(37-12(3)45)24(49)23(48)15(6-40)57-33)61-28-17(8-42)58-34(21(26(28)51)38-13(4)46)60-27-16(7-41)56-32(54)19(25(27)50)36-11(2)44/h10,15-30,32-35,40-43,48-51,54H,6-9H2,1-5H3,(H,36,44)(H,37,45)(H,38,46)(H,39,47)(H,52,53)/t10-,15-,16-,17-,18-,19-,20-,21-,22-,23-,24-,25-,26-,27-,28-,29-,30-,32-,33+,34+,35+/m1/s1. The third kappa shape index (κ3) is 12.1. The van der Waals surface area contributed by atoms with Crippen LogP contribution in [0.4, 0.5) is 0 Å². The van der Waals surface area contributed by atoms with Crippen LogP contribution in [0.25, 0.3) is 0 Å². The number of hydrogen-bond acceptors (Lipinski definition) is 22. The van der Waals surface area contributed by atoms with Crippen molar-refractivity contribution in [3.63, 3.8) is 0 Å². The highest BCUT2D eigenvalue weighted by Crippen LogP contribution is 2.35. The third-order valence-electron chi connectivity index (χ3n) is 10.5. The molecule has 0 bridgehead atoms. The summed E-state index contributed by atoms with van der Waals surface area (Å²) in [6.07, 6.45) is -29.3. The van der Waals surface area contributed by atoms with E-state index >= 15 is 0 Å². The van der Waals surface area contributed by atoms with Crippen LogP contribution in [-0.2, 0) is 61.9 Å². The maximum absolute atomic E-state index is 12.8. The Hall–Kier alpha value is -3.33. The highest BCUT2D eigenvalue weighted by molar-refractivity contribution is 5.74. The van der Waals surface area contributed by atoms with Gasteiger partial charge in [0.1, 0.15) is 97.4 Å². The van der Waals surface area contributed by atoms with Gasteiger partial charge in [-0.1, -0.05) is 0 Å². The van der Waals surface area contributed by atoms with E-state index in [1.54, 1.807) is 0 Å². The summed E-state index contributed by atoms with van der Waals surface area (Å²) in [5.41, 5.74) is 0. The minimum absolute atomic E-state index is 0.682. The fourth-order valence-electron chi connectivity index (χ4n) is 7.61. The molecule has 4 saturated heterocycles. The largest absolute Gasteiger partial charge is 0.479 e. The van der Waals surface area contributed by atoms with E-state index in [2.05, 4.69) is 21.3 Å². The lowest BCUT2D eigenvalue weighted by molar-refractivity contribution is -0.365. The molecule has 356 valence electrons. The minimum Gasteiger partial charge on any atom is -0.479 e. The Bertz CT molecular complexity index is 1530. The lowest BCUT2D eigenvalue weighted by atomic mass is 9.93. The van der Waals surface area contributed by atoms with E-state index in [4.69, 9.17) is 37.9 Å². The Morgan fingerprint density at radius 2 is 0.839 bits per heavy atom. The highest BCUT2D eigenvalue weighted by Gasteiger charge is 2.57. The van der Waals surface area contributed by atoms with E-state index < -0.39 is 185 Å². The number of aliphatic hydroxyl groups excluding tert-OH is 9. The molecular formula is C35H58N4O23. The Morgan fingerprint density at radius 3 is 1.29 bits per heavy atom. The first-order valence-corrected chi connectivity index (χ1v) is 19.6. The summed E-state index contributed by atoms with van der Waals surface area (Å²) in [5.74, 6) is -4.50. The molecule has 4 heterocycles. The van der Waals surface area contributed by atoms with Gasteiger partial charge in [0.25, 0.3) is 0 Å². The number of hydrogen-bond donors (Lipinski definition) is 14. The van der Waals surface area contributed by atoms with Gasteiger partial charge < -0.3 is 110 Å². The molecule has 0 spiro atoms. The fraction of sp³-hybridized carbons (Fsp3) is 0.857. The average Bonchev–Trinajstić information content (AvgIpc) is 3.20. The predicted molar refractivity (Wildman–Crippen MR) is 196 cm³/mol. The van der Waals surface area contributed by atoms with Gasteiger partial charge in [0.15, 0.2) is 31.3 Å². The molecule has 0 aromatic heterocycles. The molecule has 0 saturated carbocycles. The van der Waals surface area contributed by atoms with Gasteiger partial charge in [-0.25, -0.2) is 4.79 Å². The monoisotopic (exact) mass is 902 g/mol. The van der Waals surface area contributed by atoms with Crippen molar-refractivity contribution in [2.24, 2.45) is 0 Å². The minimum atomic E-state index is -1.96. The number of carbonyl (C=O) groups is 5. The van der Waals surface area contributed by atoms with E-state index in [1.807, 2.05) is 0 Å². The number of ether oxygens (including phenoxy) is 8. The molecule has 4 fully saturated rings. The van der Waals surface area contributed by atoms with Crippen molar-refractivity contribution >= 4 is 29.6 Å². The molecule has 21 atom stereocenters. The highest BCUT2D eigenvalue weighted by atomic mass is 16.8. The van der Waals surface area contributed by atoms with Gasteiger partial charge in [-0.3, -0.25) is 19.2 Å². The molecule has 14 N–H and O–H groups in total. The number of carboxylic acids is 1. The van der Waals surface area contributed by atoms with Gasteiger partial charge in [-0.2, -0.15) is 0 Å². The van der Waals surface area contributed by atoms with Crippen LogP contribution in [-0.4, -0.2) is 236 Å². The second-order valence-corrected chi connectivity index (χ2v) is 15.2. The van der Waals surface area contributed by atoms with Crippen molar-refractivity contribution in [3.05, 3.63) is 0 Å². The Morgan fingerprint density at radius 1 is 0.484 bits per heavy atom. The van der Waals surface area contributed by atoms with E-state index in [1.165, 1.54) is 0 Å². The van der Waals surface area contributed by atoms with E-state index in [0.717, 1.165) is 34.6 Å². The van der Waals surface area contributed by atoms with E-state index in [9.17, 15) is 75.0 Å². The summed E-state index contributed by atoms with van der Waals surface area (Å²) < 4.78 is 47.1. The normalized spacial score (nSPS) is 41.6. The number of amides is 4. The summed E-state index contributed by atoms with van der Waals surface area (Å²) in [5, 5.41) is 115. The van der Waals surface area contributed by atoms with Crippen LogP contribution in [0.5, 0.6) is 0 Å². The Labute approximate surface area is 353 Å². The topological polar surface area (TPSA) is 410 Å². The molecule has 27 nitrogen and oxygen atoms in total. The number of carboxylic acid groups (broad SMARTS) is 1. The SMILES string of the molecule is CC(=O)N[C@@H]1[C@@H](O)[C@H](O[C@@H]2O[C@H](CO)[C@@H](O[C@@H]3O[C@H](CO)[C@@H](O[C@@H]4O[C@H](CO)[C@@H](O)[C@H](O)[C@H]4NC(C)=O)[C@H](O[C@H](C)C(=O)O)[C@H]3NC(C)=O)[C@H](O)[C@H]2NC(C)=O)[C@@H](CO)O[C@H]1O. The molecule has 4 aliphatic rings. The van der Waals surface area contributed by atoms with Crippen LogP contribution in [0.15, 0.2) is 0 Å². The third-order valence-corrected chi connectivity index (χ3v) is 10.5. The number of carbonyl (C=O) groups excluding carboxylic acids is 4. The molecule has 4 amide bonds. The molecule has 62 heavy (non-hydrogen) atoms.